The van der Waals surface area contributed by atoms with Gasteiger partial charge in [-0.3, -0.25) is 5.73 Å². The molecule has 0 amide bonds. The lowest BCUT2D eigenvalue weighted by molar-refractivity contribution is -0.386. The molecule has 1 saturated carbocycles. The number of aromatic nitrogens is 1. The second kappa shape index (κ2) is 4.94. The highest BCUT2D eigenvalue weighted by Gasteiger charge is 2.44. The van der Waals surface area contributed by atoms with Crippen LogP contribution in [-0.4, -0.2) is 5.11 Å². The largest absolute Gasteiger partial charge is 0.376 e. The second-order valence-corrected chi connectivity index (χ2v) is 6.16. The molecule has 0 saturated heterocycles. The Kier molecular flexibility index (Phi) is 3.29. The zero-order valence-corrected chi connectivity index (χ0v) is 11.6. The third-order valence-corrected chi connectivity index (χ3v) is 4.84. The van der Waals surface area contributed by atoms with E-state index in [0.717, 1.165) is 24.1 Å². The summed E-state index contributed by atoms with van der Waals surface area (Å²) in [5.74, 6) is 0.264. The van der Waals surface area contributed by atoms with E-state index in [1.807, 2.05) is 35.7 Å². The zero-order valence-electron chi connectivity index (χ0n) is 10.8. The fraction of sp³-hybridized carbons (Fsp3) is 0.400. The molecule has 0 radical (unpaired) electrons. The van der Waals surface area contributed by atoms with E-state index in [9.17, 15) is 5.11 Å². The lowest BCUT2D eigenvalue weighted by Gasteiger charge is -2.32. The number of hydrogen-bond donors (Lipinski definition) is 2. The number of rotatable bonds is 3. The molecule has 1 aliphatic rings. The smallest absolute Gasteiger partial charge is 0.329 e. The van der Waals surface area contributed by atoms with E-state index in [1.54, 1.807) is 0 Å². The number of nitrogen functional groups attached to an aromatic ring is 1. The summed E-state index contributed by atoms with van der Waals surface area (Å²) in [6.45, 7) is 0. The minimum Gasteiger partial charge on any atom is -0.376 e. The van der Waals surface area contributed by atoms with Crippen LogP contribution in [0.15, 0.2) is 35.7 Å². The van der Waals surface area contributed by atoms with Gasteiger partial charge < -0.3 is 5.11 Å². The Bertz CT molecular complexity index is 548. The monoisotopic (exact) mass is 275 g/mol. The molecule has 1 unspecified atom stereocenters. The molecule has 19 heavy (non-hydrogen) atoms. The molecule has 0 aliphatic heterocycles. The normalized spacial score (nSPS) is 19.4. The number of thiazole rings is 1. The second-order valence-electron chi connectivity index (χ2n) is 5.25. The first-order valence-electron chi connectivity index (χ1n) is 6.76. The zero-order chi connectivity index (χ0) is 13.3. The van der Waals surface area contributed by atoms with Crippen molar-refractivity contribution < 1.29 is 10.1 Å². The van der Waals surface area contributed by atoms with Gasteiger partial charge in [0.25, 0.3) is 0 Å². The maximum atomic E-state index is 11.4. The molecule has 1 fully saturated rings. The van der Waals surface area contributed by atoms with Crippen LogP contribution in [0.1, 0.15) is 36.9 Å². The predicted molar refractivity (Wildman–Crippen MR) is 76.7 cm³/mol. The van der Waals surface area contributed by atoms with E-state index in [2.05, 4.69) is 4.98 Å². The molecule has 4 N–H and O–H groups in total. The standard InChI is InChI=1S/C15H18N2OS/c16-14-17-13(10-19-14)15(18,12-8-4-5-9-12)11-6-2-1-3-7-11/h1-3,6-7,10,12,18H,4-5,8-9H2,(H2,16,17)/p+1. The van der Waals surface area contributed by atoms with Crippen LogP contribution in [0.5, 0.6) is 0 Å². The summed E-state index contributed by atoms with van der Waals surface area (Å²) in [4.78, 5) is 3.14. The number of nitrogens with two attached hydrogens (primary N) is 1. The highest BCUT2D eigenvalue weighted by Crippen LogP contribution is 2.44. The SMILES string of the molecule is Nc1[nH+]c(C(O)(c2ccccc2)C2CCCC2)cs1. The Morgan fingerprint density at radius 3 is 2.47 bits per heavy atom. The van der Waals surface area contributed by atoms with Crippen molar-refractivity contribution in [2.24, 2.45) is 5.92 Å². The summed E-state index contributed by atoms with van der Waals surface area (Å²) in [6, 6.07) is 9.93. The summed E-state index contributed by atoms with van der Waals surface area (Å²) in [5, 5.41) is 14.0. The number of hydrogen-bond acceptors (Lipinski definition) is 3. The lowest BCUT2D eigenvalue weighted by Crippen LogP contribution is -2.39. The molecule has 100 valence electrons. The molecule has 3 rings (SSSR count). The van der Waals surface area contributed by atoms with Crippen LogP contribution in [0.2, 0.25) is 0 Å². The van der Waals surface area contributed by atoms with E-state index < -0.39 is 5.60 Å². The summed E-state index contributed by atoms with van der Waals surface area (Å²) in [6.07, 6.45) is 4.52. The molecule has 1 aromatic heterocycles. The average molecular weight is 275 g/mol. The van der Waals surface area contributed by atoms with Gasteiger partial charge in [-0.05, 0) is 24.3 Å². The van der Waals surface area contributed by atoms with Crippen molar-refractivity contribution in [3.63, 3.8) is 0 Å². The Labute approximate surface area is 117 Å². The third kappa shape index (κ3) is 2.15. The van der Waals surface area contributed by atoms with Crippen LogP contribution in [-0.2, 0) is 5.60 Å². The Hall–Kier alpha value is -1.39. The first kappa shape index (κ1) is 12.6. The number of H-pyrrole nitrogens is 1. The maximum Gasteiger partial charge on any atom is 0.329 e. The van der Waals surface area contributed by atoms with Gasteiger partial charge in [0.05, 0.1) is 0 Å². The van der Waals surface area contributed by atoms with Crippen LogP contribution in [0.4, 0.5) is 5.13 Å². The van der Waals surface area contributed by atoms with Crippen molar-refractivity contribution in [3.05, 3.63) is 47.0 Å². The minimum absolute atomic E-state index is 0.264. The molecule has 0 spiro atoms. The van der Waals surface area contributed by atoms with Crippen LogP contribution in [0.3, 0.4) is 0 Å². The number of aromatic amines is 1. The van der Waals surface area contributed by atoms with Gasteiger partial charge >= 0.3 is 5.13 Å². The average Bonchev–Trinajstić information content (AvgIpc) is 3.10. The first-order chi connectivity index (χ1) is 9.21. The fourth-order valence-electron chi connectivity index (χ4n) is 3.15. The van der Waals surface area contributed by atoms with E-state index in [-0.39, 0.29) is 5.92 Å². The molecular formula is C15H19N2OS+. The molecule has 1 aliphatic carbocycles. The number of benzene rings is 1. The van der Waals surface area contributed by atoms with Gasteiger partial charge in [0.15, 0.2) is 5.60 Å². The maximum absolute atomic E-state index is 11.4. The molecule has 4 heteroatoms. The highest BCUT2D eigenvalue weighted by atomic mass is 32.1. The molecule has 3 nitrogen and oxygen atoms in total. The summed E-state index contributed by atoms with van der Waals surface area (Å²) < 4.78 is 0. The van der Waals surface area contributed by atoms with Gasteiger partial charge in [0, 0.05) is 5.38 Å². The van der Waals surface area contributed by atoms with Crippen LogP contribution in [0, 0.1) is 5.92 Å². The van der Waals surface area contributed by atoms with Crippen LogP contribution < -0.4 is 10.7 Å². The molecule has 1 aromatic carbocycles. The van der Waals surface area contributed by atoms with Crippen LogP contribution in [0.25, 0.3) is 0 Å². The minimum atomic E-state index is -0.939. The van der Waals surface area contributed by atoms with E-state index >= 15 is 0 Å². The molecular weight excluding hydrogens is 256 g/mol. The Balaban J connectivity index is 2.09. The number of nitrogens with one attached hydrogen (secondary N) is 1. The van der Waals surface area contributed by atoms with Gasteiger partial charge in [0.1, 0.15) is 5.69 Å². The molecule has 1 atom stereocenters. The summed E-state index contributed by atoms with van der Waals surface area (Å²) >= 11 is 1.45. The van der Waals surface area contributed by atoms with Crippen molar-refractivity contribution in [2.75, 3.05) is 5.73 Å². The predicted octanol–water partition coefficient (Wildman–Crippen LogP) is 2.57. The van der Waals surface area contributed by atoms with Crippen LogP contribution >= 0.6 is 11.3 Å². The van der Waals surface area contributed by atoms with Gasteiger partial charge in [-0.1, -0.05) is 54.5 Å². The van der Waals surface area contributed by atoms with E-state index in [4.69, 9.17) is 5.73 Å². The molecule has 0 bridgehead atoms. The van der Waals surface area contributed by atoms with Gasteiger partial charge in [-0.2, -0.15) is 0 Å². The molecule has 2 aromatic rings. The topological polar surface area (TPSA) is 60.4 Å². The molecule has 1 heterocycles. The quantitative estimate of drug-likeness (QED) is 0.904. The number of aliphatic hydroxyl groups is 1. The Morgan fingerprint density at radius 2 is 1.89 bits per heavy atom. The van der Waals surface area contributed by atoms with Gasteiger partial charge in [0.2, 0.25) is 0 Å². The van der Waals surface area contributed by atoms with E-state index in [1.165, 1.54) is 24.2 Å². The van der Waals surface area contributed by atoms with Gasteiger partial charge in [-0.25, -0.2) is 4.98 Å². The van der Waals surface area contributed by atoms with Crippen molar-refractivity contribution >= 4 is 16.5 Å². The van der Waals surface area contributed by atoms with E-state index in [0.29, 0.717) is 5.13 Å². The summed E-state index contributed by atoms with van der Waals surface area (Å²) in [7, 11) is 0. The van der Waals surface area contributed by atoms with Crippen molar-refractivity contribution in [1.29, 1.82) is 0 Å². The van der Waals surface area contributed by atoms with Crippen molar-refractivity contribution in [3.8, 4) is 0 Å². The number of anilines is 1. The highest BCUT2D eigenvalue weighted by molar-refractivity contribution is 7.13. The van der Waals surface area contributed by atoms with Crippen molar-refractivity contribution in [1.82, 2.24) is 0 Å². The van der Waals surface area contributed by atoms with Gasteiger partial charge in [-0.15, -0.1) is 0 Å². The lowest BCUT2D eigenvalue weighted by atomic mass is 9.78. The summed E-state index contributed by atoms with van der Waals surface area (Å²) in [5.41, 5.74) is 6.65. The Morgan fingerprint density at radius 1 is 1.21 bits per heavy atom. The fourth-order valence-corrected chi connectivity index (χ4v) is 3.80. The van der Waals surface area contributed by atoms with Crippen molar-refractivity contribution in [2.45, 2.75) is 31.3 Å². The third-order valence-electron chi connectivity index (χ3n) is 4.13. The first-order valence-corrected chi connectivity index (χ1v) is 7.64.